The van der Waals surface area contributed by atoms with Crippen LogP contribution in [0.3, 0.4) is 0 Å². The van der Waals surface area contributed by atoms with Gasteiger partial charge in [-0.2, -0.15) is 0 Å². The van der Waals surface area contributed by atoms with Crippen molar-refractivity contribution in [2.75, 3.05) is 6.54 Å². The number of hydrogen-bond donors (Lipinski definition) is 0. The third-order valence-corrected chi connectivity index (χ3v) is 4.99. The van der Waals surface area contributed by atoms with Gasteiger partial charge in [-0.1, -0.05) is 28.1 Å². The van der Waals surface area contributed by atoms with Gasteiger partial charge in [-0.15, -0.1) is 0 Å². The Balaban J connectivity index is 1.74. The van der Waals surface area contributed by atoms with E-state index in [0.29, 0.717) is 6.04 Å². The summed E-state index contributed by atoms with van der Waals surface area (Å²) in [6.45, 7) is 3.18. The molecule has 0 spiro atoms. The van der Waals surface area contributed by atoms with E-state index in [0.717, 1.165) is 22.5 Å². The summed E-state index contributed by atoms with van der Waals surface area (Å²) in [6.07, 6.45) is 3.95. The summed E-state index contributed by atoms with van der Waals surface area (Å²) in [7, 11) is 0. The maximum atomic E-state index is 12.5. The molecule has 3 rings (SSSR count). The smallest absolute Gasteiger partial charge is 0.179 e. The number of fused-ring (bicyclic) bond motifs is 2. The Labute approximate surface area is 116 Å². The molecule has 1 aromatic rings. The molecule has 2 aliphatic rings. The average molecular weight is 308 g/mol. The van der Waals surface area contributed by atoms with E-state index in [1.165, 1.54) is 19.3 Å². The molecule has 0 N–H and O–H groups in total. The Hall–Kier alpha value is -0.670. The molecular weight excluding hydrogens is 290 g/mol. The van der Waals surface area contributed by atoms with Crippen LogP contribution in [0.25, 0.3) is 0 Å². The second-order valence-electron chi connectivity index (χ2n) is 5.58. The van der Waals surface area contributed by atoms with E-state index in [4.69, 9.17) is 0 Å². The van der Waals surface area contributed by atoms with Crippen molar-refractivity contribution in [2.24, 2.45) is 5.92 Å². The number of nitrogens with zero attached hydrogens (tertiary/aromatic N) is 1. The number of likely N-dealkylation sites (tertiary alicyclic amines) is 1. The summed E-state index contributed by atoms with van der Waals surface area (Å²) in [5.41, 5.74) is 0.827. The van der Waals surface area contributed by atoms with Gasteiger partial charge in [0.2, 0.25) is 0 Å². The Morgan fingerprint density at radius 3 is 2.61 bits per heavy atom. The molecule has 96 valence electrons. The fourth-order valence-electron chi connectivity index (χ4n) is 3.44. The van der Waals surface area contributed by atoms with Crippen LogP contribution in [-0.2, 0) is 0 Å². The summed E-state index contributed by atoms with van der Waals surface area (Å²) in [6, 6.07) is 8.39. The lowest BCUT2D eigenvalue weighted by atomic mass is 10.0. The number of benzene rings is 1. The monoisotopic (exact) mass is 307 g/mol. The fourth-order valence-corrected chi connectivity index (χ4v) is 3.71. The normalized spacial score (nSPS) is 28.6. The van der Waals surface area contributed by atoms with Crippen molar-refractivity contribution in [1.82, 2.24) is 4.90 Å². The first-order valence-corrected chi connectivity index (χ1v) is 7.50. The van der Waals surface area contributed by atoms with E-state index in [2.05, 4.69) is 27.8 Å². The highest BCUT2D eigenvalue weighted by atomic mass is 79.9. The predicted octanol–water partition coefficient (Wildman–Crippen LogP) is 3.50. The summed E-state index contributed by atoms with van der Waals surface area (Å²) in [4.78, 5) is 14.9. The van der Waals surface area contributed by atoms with E-state index in [-0.39, 0.29) is 11.8 Å². The van der Waals surface area contributed by atoms with Crippen molar-refractivity contribution in [1.29, 1.82) is 0 Å². The maximum Gasteiger partial charge on any atom is 0.179 e. The minimum atomic E-state index is 0.0291. The number of ketones is 1. The fraction of sp³-hybridized carbons (Fsp3) is 0.533. The molecule has 3 unspecified atom stereocenters. The van der Waals surface area contributed by atoms with E-state index in [9.17, 15) is 4.79 Å². The van der Waals surface area contributed by atoms with Gasteiger partial charge in [0.05, 0.1) is 6.04 Å². The molecule has 2 fully saturated rings. The van der Waals surface area contributed by atoms with Crippen LogP contribution in [0.1, 0.15) is 36.5 Å². The molecule has 0 aromatic heterocycles. The molecule has 3 heteroatoms. The molecule has 1 heterocycles. The number of piperidine rings is 1. The molecule has 3 atom stereocenters. The quantitative estimate of drug-likeness (QED) is 0.797. The number of carbonyl (C=O) groups excluding carboxylic acids is 1. The predicted molar refractivity (Wildman–Crippen MR) is 75.8 cm³/mol. The first-order chi connectivity index (χ1) is 8.65. The molecule has 0 radical (unpaired) electrons. The molecule has 2 nitrogen and oxygen atoms in total. The number of rotatable bonds is 3. The van der Waals surface area contributed by atoms with Crippen molar-refractivity contribution < 1.29 is 4.79 Å². The van der Waals surface area contributed by atoms with Crippen LogP contribution in [0.4, 0.5) is 0 Å². The molecule has 2 bridgehead atoms. The first kappa shape index (κ1) is 12.4. The third kappa shape index (κ3) is 2.14. The van der Waals surface area contributed by atoms with E-state index in [1.54, 1.807) is 0 Å². The van der Waals surface area contributed by atoms with Gasteiger partial charge >= 0.3 is 0 Å². The zero-order valence-corrected chi connectivity index (χ0v) is 12.2. The SMILES string of the molecule is CC(C(=O)c1ccc(Br)cc1)N1CC2CCC1C2. The van der Waals surface area contributed by atoms with Crippen LogP contribution < -0.4 is 0 Å². The minimum Gasteiger partial charge on any atom is -0.292 e. The van der Waals surface area contributed by atoms with Gasteiger partial charge < -0.3 is 0 Å². The van der Waals surface area contributed by atoms with Crippen LogP contribution in [0.5, 0.6) is 0 Å². The molecule has 1 aliphatic carbocycles. The van der Waals surface area contributed by atoms with Crippen molar-refractivity contribution in [3.05, 3.63) is 34.3 Å². The van der Waals surface area contributed by atoms with Gasteiger partial charge in [-0.05, 0) is 44.2 Å². The largest absolute Gasteiger partial charge is 0.292 e. The molecule has 1 saturated heterocycles. The zero-order chi connectivity index (χ0) is 12.7. The van der Waals surface area contributed by atoms with Gasteiger partial charge in [-0.3, -0.25) is 9.69 Å². The Morgan fingerprint density at radius 2 is 2.06 bits per heavy atom. The molecule has 1 saturated carbocycles. The molecule has 1 aromatic carbocycles. The molecule has 18 heavy (non-hydrogen) atoms. The maximum absolute atomic E-state index is 12.5. The average Bonchev–Trinajstić information content (AvgIpc) is 3.00. The third-order valence-electron chi connectivity index (χ3n) is 4.46. The topological polar surface area (TPSA) is 20.3 Å². The summed E-state index contributed by atoms with van der Waals surface area (Å²) in [5, 5.41) is 0. The van der Waals surface area contributed by atoms with Gasteiger partial charge in [0, 0.05) is 22.6 Å². The lowest BCUT2D eigenvalue weighted by Crippen LogP contribution is -2.43. The lowest BCUT2D eigenvalue weighted by Gasteiger charge is -2.31. The number of carbonyl (C=O) groups is 1. The van der Waals surface area contributed by atoms with Crippen molar-refractivity contribution in [3.63, 3.8) is 0 Å². The standard InChI is InChI=1S/C15H18BrNO/c1-10(17-9-11-2-7-14(17)8-11)15(18)12-3-5-13(16)6-4-12/h3-6,10-11,14H,2,7-9H2,1H3. The molecule has 1 aliphatic heterocycles. The molecular formula is C15H18BrNO. The van der Waals surface area contributed by atoms with E-state index < -0.39 is 0 Å². The summed E-state index contributed by atoms with van der Waals surface area (Å²) in [5.74, 6) is 1.10. The van der Waals surface area contributed by atoms with Crippen LogP contribution in [0, 0.1) is 5.92 Å². The summed E-state index contributed by atoms with van der Waals surface area (Å²) < 4.78 is 1.02. The van der Waals surface area contributed by atoms with Crippen molar-refractivity contribution >= 4 is 21.7 Å². The second kappa shape index (κ2) is 4.78. The Morgan fingerprint density at radius 1 is 1.33 bits per heavy atom. The van der Waals surface area contributed by atoms with Gasteiger partial charge in [0.25, 0.3) is 0 Å². The van der Waals surface area contributed by atoms with Crippen LogP contribution in [-0.4, -0.2) is 29.3 Å². The highest BCUT2D eigenvalue weighted by Crippen LogP contribution is 2.38. The zero-order valence-electron chi connectivity index (χ0n) is 10.6. The minimum absolute atomic E-state index is 0.0291. The highest BCUT2D eigenvalue weighted by molar-refractivity contribution is 9.10. The Kier molecular flexibility index (Phi) is 3.29. The van der Waals surface area contributed by atoms with Crippen molar-refractivity contribution in [2.45, 2.75) is 38.3 Å². The second-order valence-corrected chi connectivity index (χ2v) is 6.49. The lowest BCUT2D eigenvalue weighted by molar-refractivity contribution is 0.0787. The van der Waals surface area contributed by atoms with E-state index in [1.807, 2.05) is 24.3 Å². The van der Waals surface area contributed by atoms with Gasteiger partial charge in [-0.25, -0.2) is 0 Å². The van der Waals surface area contributed by atoms with E-state index >= 15 is 0 Å². The van der Waals surface area contributed by atoms with Crippen molar-refractivity contribution in [3.8, 4) is 0 Å². The van der Waals surface area contributed by atoms with Crippen LogP contribution in [0.2, 0.25) is 0 Å². The number of Topliss-reactive ketones (excluding diaryl/α,β-unsaturated/α-hetero) is 1. The summed E-state index contributed by atoms with van der Waals surface area (Å²) >= 11 is 3.40. The highest BCUT2D eigenvalue weighted by Gasteiger charge is 2.41. The van der Waals surface area contributed by atoms with Crippen LogP contribution >= 0.6 is 15.9 Å². The Bertz CT molecular complexity index is 456. The molecule has 0 amide bonds. The number of halogens is 1. The van der Waals surface area contributed by atoms with Gasteiger partial charge in [0.15, 0.2) is 5.78 Å². The van der Waals surface area contributed by atoms with Gasteiger partial charge in [0.1, 0.15) is 0 Å². The first-order valence-electron chi connectivity index (χ1n) is 6.70. The van der Waals surface area contributed by atoms with Crippen LogP contribution in [0.15, 0.2) is 28.7 Å². The number of hydrogen-bond acceptors (Lipinski definition) is 2.